The molecule has 0 bridgehead atoms. The van der Waals surface area contributed by atoms with Crippen LogP contribution in [0.5, 0.6) is 11.5 Å². The summed E-state index contributed by atoms with van der Waals surface area (Å²) in [5, 5.41) is 6.57. The molecule has 1 aliphatic rings. The number of nitrogens with zero attached hydrogens (tertiary/aromatic N) is 3. The highest BCUT2D eigenvalue weighted by molar-refractivity contribution is 7.09. The van der Waals surface area contributed by atoms with Crippen molar-refractivity contribution in [1.29, 1.82) is 0 Å². The van der Waals surface area contributed by atoms with Crippen LogP contribution in [0, 0.1) is 6.92 Å². The predicted molar refractivity (Wildman–Crippen MR) is 105 cm³/mol. The lowest BCUT2D eigenvalue weighted by Crippen LogP contribution is -2.38. The van der Waals surface area contributed by atoms with Gasteiger partial charge in [0, 0.05) is 43.6 Å². The summed E-state index contributed by atoms with van der Waals surface area (Å²) in [6.45, 7) is 5.43. The third kappa shape index (κ3) is 4.09. The van der Waals surface area contributed by atoms with Crippen LogP contribution in [-0.2, 0) is 19.5 Å². The molecule has 26 heavy (non-hydrogen) atoms. The van der Waals surface area contributed by atoms with E-state index in [9.17, 15) is 0 Å². The molecule has 1 atom stereocenters. The third-order valence-corrected chi connectivity index (χ3v) is 5.20. The topological polar surface area (TPSA) is 59.0 Å². The van der Waals surface area contributed by atoms with Gasteiger partial charge >= 0.3 is 0 Å². The Kier molecular flexibility index (Phi) is 5.66. The Labute approximate surface area is 158 Å². The van der Waals surface area contributed by atoms with Crippen molar-refractivity contribution in [3.05, 3.63) is 39.3 Å². The molecular formula is C19H26N4O2S. The van der Waals surface area contributed by atoms with Crippen LogP contribution in [0.4, 0.5) is 0 Å². The minimum Gasteiger partial charge on any atom is -0.496 e. The Bertz CT molecular complexity index is 803. The van der Waals surface area contributed by atoms with Gasteiger partial charge in [0.15, 0.2) is 5.96 Å². The highest BCUT2D eigenvalue weighted by Gasteiger charge is 2.22. The molecule has 1 aliphatic heterocycles. The van der Waals surface area contributed by atoms with Gasteiger partial charge in [0.25, 0.3) is 0 Å². The van der Waals surface area contributed by atoms with E-state index in [1.165, 1.54) is 5.56 Å². The smallest absolute Gasteiger partial charge is 0.194 e. The van der Waals surface area contributed by atoms with Crippen LogP contribution in [0.3, 0.4) is 0 Å². The van der Waals surface area contributed by atoms with Gasteiger partial charge in [-0.15, -0.1) is 11.3 Å². The van der Waals surface area contributed by atoms with Gasteiger partial charge in [-0.05, 0) is 26.0 Å². The maximum Gasteiger partial charge on any atom is 0.194 e. The van der Waals surface area contributed by atoms with Crippen LogP contribution < -0.4 is 14.8 Å². The molecule has 0 spiro atoms. The molecule has 1 unspecified atom stereocenters. The summed E-state index contributed by atoms with van der Waals surface area (Å²) in [6, 6.07) is 4.15. The summed E-state index contributed by atoms with van der Waals surface area (Å²) in [7, 11) is 5.50. The molecular weight excluding hydrogens is 348 g/mol. The van der Waals surface area contributed by atoms with Crippen LogP contribution in [-0.4, -0.2) is 43.2 Å². The van der Waals surface area contributed by atoms with E-state index in [4.69, 9.17) is 9.47 Å². The van der Waals surface area contributed by atoms with Gasteiger partial charge < -0.3 is 19.7 Å². The van der Waals surface area contributed by atoms with E-state index in [1.54, 1.807) is 25.5 Å². The fraction of sp³-hybridized carbons (Fsp3) is 0.474. The molecule has 6 nitrogen and oxygen atoms in total. The maximum atomic E-state index is 5.88. The third-order valence-electron chi connectivity index (χ3n) is 4.38. The van der Waals surface area contributed by atoms with Crippen LogP contribution in [0.1, 0.15) is 28.8 Å². The number of rotatable bonds is 5. The molecule has 2 aromatic rings. The Morgan fingerprint density at radius 2 is 2.31 bits per heavy atom. The lowest BCUT2D eigenvalue weighted by molar-refractivity contribution is 0.254. The van der Waals surface area contributed by atoms with Gasteiger partial charge in [-0.2, -0.15) is 0 Å². The summed E-state index contributed by atoms with van der Waals surface area (Å²) in [4.78, 5) is 11.0. The molecule has 7 heteroatoms. The second-order valence-electron chi connectivity index (χ2n) is 6.52. The largest absolute Gasteiger partial charge is 0.496 e. The summed E-state index contributed by atoms with van der Waals surface area (Å²) in [5.74, 6) is 2.64. The Morgan fingerprint density at radius 1 is 1.50 bits per heavy atom. The molecule has 1 N–H and O–H groups in total. The second-order valence-corrected chi connectivity index (χ2v) is 7.58. The van der Waals surface area contributed by atoms with E-state index in [2.05, 4.69) is 44.6 Å². The number of aryl methyl sites for hydroxylation is 1. The van der Waals surface area contributed by atoms with Crippen molar-refractivity contribution >= 4 is 17.3 Å². The molecule has 3 rings (SSSR count). The zero-order valence-electron chi connectivity index (χ0n) is 16.0. The first-order chi connectivity index (χ1) is 12.5. The summed E-state index contributed by atoms with van der Waals surface area (Å²) in [5.41, 5.74) is 3.31. The van der Waals surface area contributed by atoms with Crippen molar-refractivity contribution in [3.63, 3.8) is 0 Å². The molecule has 0 radical (unpaired) electrons. The first-order valence-corrected chi connectivity index (χ1v) is 9.57. The highest BCUT2D eigenvalue weighted by atomic mass is 32.1. The van der Waals surface area contributed by atoms with E-state index in [1.807, 2.05) is 14.0 Å². The van der Waals surface area contributed by atoms with Gasteiger partial charge in [0.2, 0.25) is 0 Å². The minimum atomic E-state index is 0.221. The molecule has 0 aliphatic carbocycles. The van der Waals surface area contributed by atoms with Gasteiger partial charge in [-0.3, -0.25) is 4.99 Å². The number of aliphatic imine (C=N–C) groups is 1. The van der Waals surface area contributed by atoms with E-state index in [0.717, 1.165) is 40.1 Å². The van der Waals surface area contributed by atoms with Crippen molar-refractivity contribution in [1.82, 2.24) is 15.2 Å². The van der Waals surface area contributed by atoms with Crippen molar-refractivity contribution in [2.24, 2.45) is 4.99 Å². The SMILES string of the molecule is CN=C(NCc1cc2c(cc1OC)CC(C)O2)N(C)Cc1csc(C)n1. The number of fused-ring (bicyclic) bond motifs is 1. The molecule has 0 amide bonds. The van der Waals surface area contributed by atoms with E-state index >= 15 is 0 Å². The summed E-state index contributed by atoms with van der Waals surface area (Å²) >= 11 is 1.66. The van der Waals surface area contributed by atoms with Gasteiger partial charge in [-0.25, -0.2) is 4.98 Å². The van der Waals surface area contributed by atoms with Crippen molar-refractivity contribution in [2.45, 2.75) is 39.5 Å². The number of hydrogen-bond acceptors (Lipinski definition) is 5. The molecule has 1 aromatic carbocycles. The van der Waals surface area contributed by atoms with E-state index < -0.39 is 0 Å². The molecule has 0 saturated heterocycles. The summed E-state index contributed by atoms with van der Waals surface area (Å²) < 4.78 is 11.5. The lowest BCUT2D eigenvalue weighted by Gasteiger charge is -2.22. The Hall–Kier alpha value is -2.28. The monoisotopic (exact) mass is 374 g/mol. The van der Waals surface area contributed by atoms with Crippen LogP contribution in [0.15, 0.2) is 22.5 Å². The predicted octanol–water partition coefficient (Wildman–Crippen LogP) is 2.99. The number of hydrogen-bond donors (Lipinski definition) is 1. The van der Waals surface area contributed by atoms with Crippen molar-refractivity contribution in [3.8, 4) is 11.5 Å². The number of methoxy groups -OCH3 is 1. The lowest BCUT2D eigenvalue weighted by atomic mass is 10.1. The average Bonchev–Trinajstić information content (AvgIpc) is 3.18. The molecule has 0 saturated carbocycles. The second kappa shape index (κ2) is 7.95. The highest BCUT2D eigenvalue weighted by Crippen LogP contribution is 2.34. The standard InChI is InChI=1S/C19H26N4O2S/c1-12-6-14-7-17(24-5)15(8-18(14)25-12)9-21-19(20-3)23(4)10-16-11-26-13(2)22-16/h7-8,11-12H,6,9-10H2,1-5H3,(H,20,21). The number of nitrogens with one attached hydrogen (secondary N) is 1. The number of guanidine groups is 1. The van der Waals surface area contributed by atoms with Crippen molar-refractivity contribution < 1.29 is 9.47 Å². The quantitative estimate of drug-likeness (QED) is 0.644. The van der Waals surface area contributed by atoms with Crippen LogP contribution in [0.25, 0.3) is 0 Å². The first-order valence-electron chi connectivity index (χ1n) is 8.69. The number of ether oxygens (including phenoxy) is 2. The molecule has 2 heterocycles. The summed E-state index contributed by atoms with van der Waals surface area (Å²) in [6.07, 6.45) is 1.15. The zero-order chi connectivity index (χ0) is 18.7. The van der Waals surface area contributed by atoms with Gasteiger partial charge in [0.1, 0.15) is 17.6 Å². The maximum absolute atomic E-state index is 5.88. The van der Waals surface area contributed by atoms with Gasteiger partial charge in [-0.1, -0.05) is 0 Å². The molecule has 140 valence electrons. The van der Waals surface area contributed by atoms with Crippen molar-refractivity contribution in [2.75, 3.05) is 21.2 Å². The van der Waals surface area contributed by atoms with Crippen LogP contribution in [0.2, 0.25) is 0 Å². The van der Waals surface area contributed by atoms with Crippen LogP contribution >= 0.6 is 11.3 Å². The number of aromatic nitrogens is 1. The van der Waals surface area contributed by atoms with E-state index in [0.29, 0.717) is 13.1 Å². The fourth-order valence-corrected chi connectivity index (χ4v) is 3.77. The Balaban J connectivity index is 1.68. The molecule has 1 aromatic heterocycles. The number of thiazole rings is 1. The van der Waals surface area contributed by atoms with Gasteiger partial charge in [0.05, 0.1) is 24.4 Å². The minimum absolute atomic E-state index is 0.221. The normalized spacial score (nSPS) is 16.2. The Morgan fingerprint density at radius 3 is 2.96 bits per heavy atom. The fourth-order valence-electron chi connectivity index (χ4n) is 3.17. The first kappa shape index (κ1) is 18.5. The number of benzene rings is 1. The van der Waals surface area contributed by atoms with E-state index in [-0.39, 0.29) is 6.10 Å². The zero-order valence-corrected chi connectivity index (χ0v) is 16.8. The molecule has 0 fully saturated rings. The average molecular weight is 375 g/mol.